The van der Waals surface area contributed by atoms with Gasteiger partial charge in [0.25, 0.3) is 0 Å². The maximum atomic E-state index is 4.97. The molecule has 252 valence electrons. The van der Waals surface area contributed by atoms with Gasteiger partial charge in [0, 0.05) is 21.5 Å². The SMILES string of the molecule is CC(C)(C)c1ccc2c(c1)c1cc(C(C)(C)C)ccc1n2-c1cncc(-n2c3ccccc3c3ccc(C45CC6CC(CC(C6)C4)C5)cc32)c1. The minimum absolute atomic E-state index is 0.0668. The topological polar surface area (TPSA) is 22.8 Å². The second-order valence-corrected chi connectivity index (χ2v) is 18.5. The van der Waals surface area contributed by atoms with E-state index >= 15 is 0 Å². The highest BCUT2D eigenvalue weighted by molar-refractivity contribution is 6.11. The molecular weight excluding hydrogens is 607 g/mol. The highest BCUT2D eigenvalue weighted by Crippen LogP contribution is 2.61. The maximum Gasteiger partial charge on any atom is 0.0666 e. The summed E-state index contributed by atoms with van der Waals surface area (Å²) in [7, 11) is 0. The molecule has 3 nitrogen and oxygen atoms in total. The first-order valence-electron chi connectivity index (χ1n) is 19.0. The molecule has 3 aromatic heterocycles. The van der Waals surface area contributed by atoms with Crippen LogP contribution in [0.4, 0.5) is 0 Å². The smallest absolute Gasteiger partial charge is 0.0666 e. The van der Waals surface area contributed by atoms with E-state index in [9.17, 15) is 0 Å². The molecule has 4 bridgehead atoms. The van der Waals surface area contributed by atoms with Crippen molar-refractivity contribution in [1.82, 2.24) is 14.1 Å². The van der Waals surface area contributed by atoms with E-state index < -0.39 is 0 Å². The summed E-state index contributed by atoms with van der Waals surface area (Å²) in [6.07, 6.45) is 12.7. The molecule has 0 spiro atoms. The van der Waals surface area contributed by atoms with Gasteiger partial charge >= 0.3 is 0 Å². The highest BCUT2D eigenvalue weighted by Gasteiger charge is 2.51. The van der Waals surface area contributed by atoms with Gasteiger partial charge < -0.3 is 9.13 Å². The molecule has 0 N–H and O–H groups in total. The van der Waals surface area contributed by atoms with Crippen LogP contribution in [0, 0.1) is 17.8 Å². The predicted octanol–water partition coefficient (Wildman–Crippen LogP) is 12.3. The molecule has 7 aromatic rings. The van der Waals surface area contributed by atoms with Crippen LogP contribution in [-0.4, -0.2) is 14.1 Å². The zero-order chi connectivity index (χ0) is 34.2. The fourth-order valence-corrected chi connectivity index (χ4v) is 10.9. The van der Waals surface area contributed by atoms with Crippen LogP contribution in [0.5, 0.6) is 0 Å². The van der Waals surface area contributed by atoms with Crippen molar-refractivity contribution in [3.8, 4) is 11.4 Å². The number of rotatable bonds is 3. The van der Waals surface area contributed by atoms with Crippen molar-refractivity contribution in [3.63, 3.8) is 0 Å². The number of pyridine rings is 1. The third kappa shape index (κ3) is 4.51. The highest BCUT2D eigenvalue weighted by atomic mass is 15.0. The average Bonchev–Trinajstić information content (AvgIpc) is 3.59. The number of aromatic nitrogens is 3. The standard InChI is InChI=1S/C47H49N3/c1-45(2,3)32-12-15-42-39(20-32)40-21-33(46(4,5)6)13-16-43(40)49(42)35-23-36(28-48-27-35)50-41-10-8-7-9-37(41)38-14-11-34(22-44(38)50)47-24-29-17-30(25-47)19-31(18-29)26-47/h7-16,20-23,27-31H,17-19,24-26H2,1-6H3. The number of fused-ring (bicyclic) bond motifs is 6. The fourth-order valence-electron chi connectivity index (χ4n) is 10.9. The van der Waals surface area contributed by atoms with Crippen molar-refractivity contribution >= 4 is 43.6 Å². The van der Waals surface area contributed by atoms with Gasteiger partial charge in [-0.25, -0.2) is 0 Å². The van der Waals surface area contributed by atoms with Crippen LogP contribution in [0.3, 0.4) is 0 Å². The third-order valence-corrected chi connectivity index (χ3v) is 13.0. The van der Waals surface area contributed by atoms with E-state index in [-0.39, 0.29) is 10.8 Å². The quantitative estimate of drug-likeness (QED) is 0.186. The van der Waals surface area contributed by atoms with Crippen LogP contribution in [0.2, 0.25) is 0 Å². The molecule has 0 unspecified atom stereocenters. The third-order valence-electron chi connectivity index (χ3n) is 13.0. The maximum absolute atomic E-state index is 4.97. The zero-order valence-corrected chi connectivity index (χ0v) is 30.6. The Morgan fingerprint density at radius 3 is 1.58 bits per heavy atom. The largest absolute Gasteiger partial charge is 0.308 e. The lowest BCUT2D eigenvalue weighted by Crippen LogP contribution is -2.48. The van der Waals surface area contributed by atoms with Crippen LogP contribution in [0.15, 0.2) is 97.3 Å². The van der Waals surface area contributed by atoms with Crippen molar-refractivity contribution in [2.24, 2.45) is 17.8 Å². The van der Waals surface area contributed by atoms with Gasteiger partial charge in [-0.1, -0.05) is 84.0 Å². The summed E-state index contributed by atoms with van der Waals surface area (Å²) in [6, 6.07) is 33.0. The second kappa shape index (κ2) is 10.3. The molecule has 4 saturated carbocycles. The first-order valence-corrected chi connectivity index (χ1v) is 19.0. The van der Waals surface area contributed by atoms with Crippen molar-refractivity contribution in [2.75, 3.05) is 0 Å². The molecular formula is C47H49N3. The first-order chi connectivity index (χ1) is 23.9. The Hall–Kier alpha value is -4.37. The number of benzene rings is 4. The van der Waals surface area contributed by atoms with Crippen LogP contribution in [-0.2, 0) is 16.2 Å². The van der Waals surface area contributed by atoms with Crippen molar-refractivity contribution in [1.29, 1.82) is 0 Å². The van der Waals surface area contributed by atoms with Crippen LogP contribution in [0.25, 0.3) is 55.0 Å². The van der Waals surface area contributed by atoms with E-state index in [1.54, 1.807) is 5.56 Å². The molecule has 0 aliphatic heterocycles. The Morgan fingerprint density at radius 2 is 1.02 bits per heavy atom. The zero-order valence-electron chi connectivity index (χ0n) is 30.6. The Balaban J connectivity index is 1.18. The van der Waals surface area contributed by atoms with E-state index in [1.165, 1.54) is 93.3 Å². The summed E-state index contributed by atoms with van der Waals surface area (Å²) >= 11 is 0. The molecule has 4 aromatic carbocycles. The van der Waals surface area contributed by atoms with Crippen LogP contribution >= 0.6 is 0 Å². The Bertz CT molecular complexity index is 2380. The van der Waals surface area contributed by atoms with Gasteiger partial charge in [0.1, 0.15) is 0 Å². The van der Waals surface area contributed by atoms with Crippen LogP contribution in [0.1, 0.15) is 96.8 Å². The number of hydrogen-bond acceptors (Lipinski definition) is 1. The predicted molar refractivity (Wildman–Crippen MR) is 210 cm³/mol. The lowest BCUT2D eigenvalue weighted by Gasteiger charge is -2.57. The minimum atomic E-state index is 0.0668. The minimum Gasteiger partial charge on any atom is -0.308 e. The Morgan fingerprint density at radius 1 is 0.520 bits per heavy atom. The fraction of sp³-hybridized carbons (Fsp3) is 0.383. The second-order valence-electron chi connectivity index (χ2n) is 18.5. The number of hydrogen-bond donors (Lipinski definition) is 0. The van der Waals surface area contributed by atoms with Crippen molar-refractivity contribution < 1.29 is 0 Å². The molecule has 50 heavy (non-hydrogen) atoms. The molecule has 4 aliphatic carbocycles. The summed E-state index contributed by atoms with van der Waals surface area (Å²) < 4.78 is 4.93. The normalized spacial score (nSPS) is 23.6. The summed E-state index contributed by atoms with van der Waals surface area (Å²) in [5, 5.41) is 5.26. The van der Waals surface area contributed by atoms with Gasteiger partial charge in [-0.2, -0.15) is 0 Å². The lowest BCUT2D eigenvalue weighted by molar-refractivity contribution is -0.00513. The molecule has 0 amide bonds. The molecule has 11 rings (SSSR count). The van der Waals surface area contributed by atoms with Gasteiger partial charge in [0.2, 0.25) is 0 Å². The molecule has 0 saturated heterocycles. The summed E-state index contributed by atoms with van der Waals surface area (Å²) in [6.45, 7) is 13.8. The van der Waals surface area contributed by atoms with E-state index in [1.807, 2.05) is 6.20 Å². The molecule has 0 radical (unpaired) electrons. The van der Waals surface area contributed by atoms with Gasteiger partial charge in [-0.15, -0.1) is 0 Å². The van der Waals surface area contributed by atoms with Gasteiger partial charge in [0.05, 0.1) is 45.8 Å². The molecule has 4 fully saturated rings. The van der Waals surface area contributed by atoms with Crippen LogP contribution < -0.4 is 0 Å². The summed E-state index contributed by atoms with van der Waals surface area (Å²) in [4.78, 5) is 4.97. The molecule has 0 atom stereocenters. The van der Waals surface area contributed by atoms with Crippen molar-refractivity contribution in [3.05, 3.63) is 114 Å². The van der Waals surface area contributed by atoms with Gasteiger partial charge in [0.15, 0.2) is 0 Å². The first kappa shape index (κ1) is 30.5. The van der Waals surface area contributed by atoms with Gasteiger partial charge in [-0.3, -0.25) is 4.98 Å². The summed E-state index contributed by atoms with van der Waals surface area (Å²) in [5.41, 5.74) is 12.0. The van der Waals surface area contributed by atoms with E-state index in [4.69, 9.17) is 4.98 Å². The number of nitrogens with zero attached hydrogens (tertiary/aromatic N) is 3. The Labute approximate surface area is 296 Å². The lowest BCUT2D eigenvalue weighted by atomic mass is 9.48. The monoisotopic (exact) mass is 655 g/mol. The summed E-state index contributed by atoms with van der Waals surface area (Å²) in [5.74, 6) is 2.77. The molecule has 3 heterocycles. The Kier molecular flexibility index (Phi) is 6.30. The average molecular weight is 656 g/mol. The van der Waals surface area contributed by atoms with E-state index in [2.05, 4.69) is 142 Å². The molecule has 3 heteroatoms. The number of para-hydroxylation sites is 1. The van der Waals surface area contributed by atoms with Gasteiger partial charge in [-0.05, 0) is 132 Å². The van der Waals surface area contributed by atoms with E-state index in [0.29, 0.717) is 5.41 Å². The molecule has 4 aliphatic rings. The van der Waals surface area contributed by atoms with E-state index in [0.717, 1.165) is 29.1 Å². The van der Waals surface area contributed by atoms with Crippen molar-refractivity contribution in [2.45, 2.75) is 96.3 Å².